The van der Waals surface area contributed by atoms with Crippen molar-refractivity contribution in [3.63, 3.8) is 0 Å². The first-order valence-electron chi connectivity index (χ1n) is 9.83. The monoisotopic (exact) mass is 446 g/mol. The number of nitrogens with two attached hydrogens (primary N) is 2. The number of aliphatic carboxylic acids is 1. The number of carboxylic acids is 1. The highest BCUT2D eigenvalue weighted by atomic mass is 16.4. The summed E-state index contributed by atoms with van der Waals surface area (Å²) in [5, 5.41) is 17.3. The number of fused-ring (bicyclic) bond motifs is 1. The summed E-state index contributed by atoms with van der Waals surface area (Å²) in [6.45, 7) is -0.704. The molecule has 0 saturated carbocycles. The van der Waals surface area contributed by atoms with Crippen molar-refractivity contribution in [3.05, 3.63) is 36.0 Å². The average Bonchev–Trinajstić information content (AvgIpc) is 3.16. The molecule has 0 fully saturated rings. The Morgan fingerprint density at radius 3 is 2.41 bits per heavy atom. The number of aromatic amines is 1. The molecule has 12 nitrogen and oxygen atoms in total. The van der Waals surface area contributed by atoms with E-state index in [1.54, 1.807) is 6.20 Å². The van der Waals surface area contributed by atoms with Crippen LogP contribution in [0, 0.1) is 0 Å². The Morgan fingerprint density at radius 1 is 1.03 bits per heavy atom. The van der Waals surface area contributed by atoms with Crippen molar-refractivity contribution >= 4 is 40.5 Å². The second-order valence-electron chi connectivity index (χ2n) is 7.07. The van der Waals surface area contributed by atoms with Gasteiger partial charge in [-0.05, 0) is 18.1 Å². The summed E-state index contributed by atoms with van der Waals surface area (Å²) in [7, 11) is 0. The summed E-state index contributed by atoms with van der Waals surface area (Å²) < 4.78 is 0. The van der Waals surface area contributed by atoms with Gasteiger partial charge in [-0.3, -0.25) is 19.2 Å². The van der Waals surface area contributed by atoms with Gasteiger partial charge in [0.15, 0.2) is 0 Å². The predicted octanol–water partition coefficient (Wildman–Crippen LogP) is -1.89. The molecule has 0 radical (unpaired) electrons. The molecule has 1 heterocycles. The van der Waals surface area contributed by atoms with E-state index in [0.717, 1.165) is 16.5 Å². The maximum atomic E-state index is 12.9. The smallest absolute Gasteiger partial charge is 0.326 e. The van der Waals surface area contributed by atoms with Crippen molar-refractivity contribution in [2.75, 3.05) is 13.1 Å². The SMILES string of the molecule is NCC(=O)NCC(=O)NC(Cc1c[nH]c2ccccc12)C(=O)NC(CCC(N)=O)C(=O)O. The molecule has 2 rings (SSSR count). The summed E-state index contributed by atoms with van der Waals surface area (Å²) in [6.07, 6.45) is 1.31. The largest absolute Gasteiger partial charge is 0.480 e. The van der Waals surface area contributed by atoms with Crippen LogP contribution >= 0.6 is 0 Å². The second kappa shape index (κ2) is 11.5. The molecule has 0 aliphatic rings. The highest BCUT2D eigenvalue weighted by Gasteiger charge is 2.27. The van der Waals surface area contributed by atoms with E-state index in [9.17, 15) is 29.1 Å². The first-order valence-corrected chi connectivity index (χ1v) is 9.83. The van der Waals surface area contributed by atoms with Crippen molar-refractivity contribution in [1.82, 2.24) is 20.9 Å². The normalized spacial score (nSPS) is 12.5. The number of carbonyl (C=O) groups excluding carboxylic acids is 4. The number of carboxylic acid groups (broad SMARTS) is 1. The molecule has 9 N–H and O–H groups in total. The summed E-state index contributed by atoms with van der Waals surface area (Å²) in [5.41, 5.74) is 11.8. The van der Waals surface area contributed by atoms with E-state index in [2.05, 4.69) is 20.9 Å². The Hall–Kier alpha value is -3.93. The van der Waals surface area contributed by atoms with Crippen LogP contribution in [0.3, 0.4) is 0 Å². The van der Waals surface area contributed by atoms with Gasteiger partial charge in [0.05, 0.1) is 13.1 Å². The number of hydrogen-bond donors (Lipinski definition) is 7. The van der Waals surface area contributed by atoms with Gasteiger partial charge in [-0.25, -0.2) is 4.79 Å². The lowest BCUT2D eigenvalue weighted by molar-refractivity contribution is -0.142. The number of primary amides is 1. The fourth-order valence-corrected chi connectivity index (χ4v) is 3.04. The Kier molecular flexibility index (Phi) is 8.72. The summed E-state index contributed by atoms with van der Waals surface area (Å²) in [4.78, 5) is 62.0. The lowest BCUT2D eigenvalue weighted by Gasteiger charge is -2.21. The highest BCUT2D eigenvalue weighted by molar-refractivity contribution is 5.93. The molecular formula is C20H26N6O6. The molecule has 0 spiro atoms. The third-order valence-electron chi connectivity index (χ3n) is 4.68. The molecule has 1 aromatic carbocycles. The van der Waals surface area contributed by atoms with Gasteiger partial charge < -0.3 is 37.5 Å². The molecule has 172 valence electrons. The Morgan fingerprint density at radius 2 is 1.75 bits per heavy atom. The zero-order chi connectivity index (χ0) is 23.7. The number of H-pyrrole nitrogens is 1. The van der Waals surface area contributed by atoms with Crippen LogP contribution in [0.15, 0.2) is 30.5 Å². The number of para-hydroxylation sites is 1. The lowest BCUT2D eigenvalue weighted by atomic mass is 10.0. The van der Waals surface area contributed by atoms with E-state index in [1.807, 2.05) is 24.3 Å². The zero-order valence-electron chi connectivity index (χ0n) is 17.2. The number of carbonyl (C=O) groups is 5. The number of nitrogens with one attached hydrogen (secondary N) is 4. The fraction of sp³-hybridized carbons (Fsp3) is 0.350. The predicted molar refractivity (Wildman–Crippen MR) is 114 cm³/mol. The minimum absolute atomic E-state index is 0.0502. The Balaban J connectivity index is 2.18. The van der Waals surface area contributed by atoms with Crippen LogP contribution in [-0.2, 0) is 30.4 Å². The minimum Gasteiger partial charge on any atom is -0.480 e. The summed E-state index contributed by atoms with van der Waals surface area (Å²) in [5.74, 6) is -4.01. The van der Waals surface area contributed by atoms with Crippen molar-refractivity contribution in [1.29, 1.82) is 0 Å². The quantitative estimate of drug-likeness (QED) is 0.197. The number of amides is 4. The zero-order valence-corrected chi connectivity index (χ0v) is 17.2. The Labute approximate surface area is 183 Å². The van der Waals surface area contributed by atoms with Gasteiger partial charge >= 0.3 is 5.97 Å². The minimum atomic E-state index is -1.37. The molecular weight excluding hydrogens is 420 g/mol. The second-order valence-corrected chi connectivity index (χ2v) is 7.07. The third-order valence-corrected chi connectivity index (χ3v) is 4.68. The van der Waals surface area contributed by atoms with Crippen molar-refractivity contribution in [2.24, 2.45) is 11.5 Å². The van der Waals surface area contributed by atoms with Gasteiger partial charge in [0.1, 0.15) is 12.1 Å². The standard InChI is InChI=1S/C20H26N6O6/c21-8-17(28)24-10-18(29)25-15(7-11-9-23-13-4-2-1-3-12(11)13)19(30)26-14(20(31)32)5-6-16(22)27/h1-4,9,14-15,23H,5-8,10,21H2,(H2,22,27)(H,24,28)(H,25,29)(H,26,30)(H,31,32). The first-order chi connectivity index (χ1) is 15.2. The van der Waals surface area contributed by atoms with Crippen molar-refractivity contribution in [3.8, 4) is 0 Å². The number of rotatable bonds is 12. The van der Waals surface area contributed by atoms with Gasteiger partial charge in [-0.15, -0.1) is 0 Å². The Bertz CT molecular complexity index is 1000. The number of hydrogen-bond acceptors (Lipinski definition) is 6. The van der Waals surface area contributed by atoms with E-state index >= 15 is 0 Å². The van der Waals surface area contributed by atoms with Crippen LogP contribution in [-0.4, -0.2) is 64.9 Å². The van der Waals surface area contributed by atoms with Crippen molar-refractivity contribution in [2.45, 2.75) is 31.3 Å². The van der Waals surface area contributed by atoms with Gasteiger partial charge in [0, 0.05) is 29.9 Å². The van der Waals surface area contributed by atoms with E-state index in [1.165, 1.54) is 0 Å². The van der Waals surface area contributed by atoms with Gasteiger partial charge in [0.25, 0.3) is 0 Å². The van der Waals surface area contributed by atoms with E-state index in [4.69, 9.17) is 11.5 Å². The van der Waals surface area contributed by atoms with Gasteiger partial charge in [-0.2, -0.15) is 0 Å². The summed E-state index contributed by atoms with van der Waals surface area (Å²) in [6, 6.07) is 4.83. The number of benzene rings is 1. The van der Waals surface area contributed by atoms with Crippen LogP contribution in [0.25, 0.3) is 10.9 Å². The van der Waals surface area contributed by atoms with Gasteiger partial charge in [-0.1, -0.05) is 18.2 Å². The highest BCUT2D eigenvalue weighted by Crippen LogP contribution is 2.19. The molecule has 0 saturated heterocycles. The maximum absolute atomic E-state index is 12.9. The van der Waals surface area contributed by atoms with E-state index in [0.29, 0.717) is 0 Å². The third kappa shape index (κ3) is 7.09. The van der Waals surface area contributed by atoms with Crippen LogP contribution in [0.4, 0.5) is 0 Å². The molecule has 0 aliphatic carbocycles. The molecule has 2 atom stereocenters. The lowest BCUT2D eigenvalue weighted by Crippen LogP contribution is -2.54. The van der Waals surface area contributed by atoms with E-state index < -0.39 is 48.2 Å². The molecule has 12 heteroatoms. The molecule has 0 bridgehead atoms. The molecule has 2 aromatic rings. The van der Waals surface area contributed by atoms with Gasteiger partial charge in [0.2, 0.25) is 23.6 Å². The van der Waals surface area contributed by atoms with Crippen LogP contribution in [0.2, 0.25) is 0 Å². The average molecular weight is 446 g/mol. The van der Waals surface area contributed by atoms with Crippen molar-refractivity contribution < 1.29 is 29.1 Å². The number of aromatic nitrogens is 1. The summed E-state index contributed by atoms with van der Waals surface area (Å²) >= 11 is 0. The molecule has 2 unspecified atom stereocenters. The van der Waals surface area contributed by atoms with Crippen LogP contribution < -0.4 is 27.4 Å². The maximum Gasteiger partial charge on any atom is 0.326 e. The fourth-order valence-electron chi connectivity index (χ4n) is 3.04. The van der Waals surface area contributed by atoms with E-state index in [-0.39, 0.29) is 25.8 Å². The van der Waals surface area contributed by atoms with Crippen LogP contribution in [0.1, 0.15) is 18.4 Å². The molecule has 1 aromatic heterocycles. The molecule has 0 aliphatic heterocycles. The molecule has 4 amide bonds. The molecule has 32 heavy (non-hydrogen) atoms. The topological polar surface area (TPSA) is 209 Å². The first kappa shape index (κ1) is 24.3. The van der Waals surface area contributed by atoms with Crippen LogP contribution in [0.5, 0.6) is 0 Å².